The second kappa shape index (κ2) is 10.1. The molecule has 216 valence electrons. The van der Waals surface area contributed by atoms with Crippen LogP contribution in [0.2, 0.25) is 0 Å². The zero-order chi connectivity index (χ0) is 29.1. The summed E-state index contributed by atoms with van der Waals surface area (Å²) in [5.74, 6) is -1.68. The molecule has 2 heterocycles. The monoisotopic (exact) mass is 563 g/mol. The Labute approximate surface area is 237 Å². The van der Waals surface area contributed by atoms with Crippen LogP contribution in [0.25, 0.3) is 0 Å². The highest BCUT2D eigenvalue weighted by atomic mass is 16.6. The Balaban J connectivity index is 1.35. The van der Waals surface area contributed by atoms with Crippen LogP contribution >= 0.6 is 0 Å². The van der Waals surface area contributed by atoms with E-state index >= 15 is 0 Å². The standard InChI is InChI=1S/C31H33NO9/c1-17(34)21(35)15-24(36)40-27(18-6-4-3-5-7-18)29(37)39-22-10-11-31(38)23-14-19-8-9-20(16-33)26-25(19)30(31,28(22)41-26)12-13-32(23)2/h3-10,21,23,27-28,33,35,38H,11-16H2,1-2H3/t21-,23+,27-,28-,30-,31+/m0/s1. The summed E-state index contributed by atoms with van der Waals surface area (Å²) < 4.78 is 17.9. The van der Waals surface area contributed by atoms with Gasteiger partial charge in [-0.1, -0.05) is 42.5 Å². The second-order valence-corrected chi connectivity index (χ2v) is 11.4. The Bertz CT molecular complexity index is 1440. The SMILES string of the molecule is CC(=O)[C@@H](O)CC(=O)O[C@H](C(=O)OC1=CC[C@@]2(O)[C@H]3Cc4ccc(CO)c5c4[C@@]2(CCN3C)[C@H]1O5)c1ccccc1. The molecule has 0 radical (unpaired) electrons. The third-order valence-corrected chi connectivity index (χ3v) is 9.24. The van der Waals surface area contributed by atoms with E-state index in [9.17, 15) is 29.7 Å². The number of ether oxygens (including phenoxy) is 3. The predicted molar refractivity (Wildman–Crippen MR) is 144 cm³/mol. The van der Waals surface area contributed by atoms with Gasteiger partial charge in [0.1, 0.15) is 17.6 Å². The van der Waals surface area contributed by atoms with Gasteiger partial charge in [0.25, 0.3) is 0 Å². The third-order valence-electron chi connectivity index (χ3n) is 9.24. The van der Waals surface area contributed by atoms with Crippen LogP contribution in [-0.2, 0) is 42.3 Å². The molecule has 2 bridgehead atoms. The number of aliphatic hydroxyl groups excluding tert-OH is 2. The quantitative estimate of drug-likeness (QED) is 0.406. The molecular formula is C31H33NO9. The maximum absolute atomic E-state index is 13.7. The minimum atomic E-state index is -1.54. The summed E-state index contributed by atoms with van der Waals surface area (Å²) in [6.45, 7) is 1.60. The molecule has 10 nitrogen and oxygen atoms in total. The van der Waals surface area contributed by atoms with Crippen LogP contribution in [0.4, 0.5) is 0 Å². The number of hydrogen-bond acceptors (Lipinski definition) is 10. The highest BCUT2D eigenvalue weighted by Crippen LogP contribution is 2.64. The van der Waals surface area contributed by atoms with Crippen molar-refractivity contribution in [1.29, 1.82) is 0 Å². The Morgan fingerprint density at radius 3 is 2.63 bits per heavy atom. The number of carbonyl (C=O) groups excluding carboxylic acids is 3. The normalized spacial score (nSPS) is 29.0. The second-order valence-electron chi connectivity index (χ2n) is 11.4. The molecule has 1 saturated heterocycles. The van der Waals surface area contributed by atoms with E-state index in [1.807, 2.05) is 19.2 Å². The van der Waals surface area contributed by atoms with Crippen LogP contribution < -0.4 is 4.74 Å². The number of hydrogen-bond donors (Lipinski definition) is 3. The van der Waals surface area contributed by atoms with E-state index in [1.165, 1.54) is 0 Å². The Morgan fingerprint density at radius 1 is 1.17 bits per heavy atom. The van der Waals surface area contributed by atoms with E-state index in [2.05, 4.69) is 4.90 Å². The fourth-order valence-electron chi connectivity index (χ4n) is 7.16. The van der Waals surface area contributed by atoms with Crippen molar-refractivity contribution < 1.29 is 43.9 Å². The van der Waals surface area contributed by atoms with Crippen molar-refractivity contribution in [3.63, 3.8) is 0 Å². The number of nitrogens with zero attached hydrogens (tertiary/aromatic N) is 1. The zero-order valence-corrected chi connectivity index (χ0v) is 22.9. The van der Waals surface area contributed by atoms with Crippen molar-refractivity contribution in [2.45, 2.75) is 74.6 Å². The molecule has 1 spiro atoms. The van der Waals surface area contributed by atoms with Crippen molar-refractivity contribution in [2.24, 2.45) is 0 Å². The van der Waals surface area contributed by atoms with Crippen LogP contribution in [0.1, 0.15) is 54.5 Å². The van der Waals surface area contributed by atoms with Crippen LogP contribution in [0.15, 0.2) is 54.3 Å². The first-order valence-electron chi connectivity index (χ1n) is 13.8. The number of piperidine rings is 1. The van der Waals surface area contributed by atoms with Gasteiger partial charge in [0.05, 0.1) is 24.0 Å². The van der Waals surface area contributed by atoms with Crippen LogP contribution in [-0.4, -0.2) is 75.4 Å². The topological polar surface area (TPSA) is 143 Å². The molecule has 2 aromatic carbocycles. The van der Waals surface area contributed by atoms with Crippen molar-refractivity contribution in [3.8, 4) is 5.75 Å². The van der Waals surface area contributed by atoms with Gasteiger partial charge < -0.3 is 34.4 Å². The lowest BCUT2D eigenvalue weighted by Gasteiger charge is -2.61. The van der Waals surface area contributed by atoms with Crippen molar-refractivity contribution in [3.05, 3.63) is 76.6 Å². The number of rotatable bonds is 8. The van der Waals surface area contributed by atoms with Crippen molar-refractivity contribution >= 4 is 17.7 Å². The third kappa shape index (κ3) is 4.12. The van der Waals surface area contributed by atoms with Crippen molar-refractivity contribution in [2.75, 3.05) is 13.6 Å². The molecule has 0 amide bonds. The number of Topliss-reactive ketones (excluding diaryl/α,β-unsaturated/α-hetero) is 1. The highest BCUT2D eigenvalue weighted by molar-refractivity contribution is 5.87. The van der Waals surface area contributed by atoms with E-state index in [0.717, 1.165) is 18.1 Å². The smallest absolute Gasteiger partial charge is 0.357 e. The summed E-state index contributed by atoms with van der Waals surface area (Å²) in [5, 5.41) is 32.3. The molecule has 4 aliphatic rings. The molecule has 6 rings (SSSR count). The van der Waals surface area contributed by atoms with E-state index in [0.29, 0.717) is 36.3 Å². The van der Waals surface area contributed by atoms with Gasteiger partial charge in [0.15, 0.2) is 11.9 Å². The van der Waals surface area contributed by atoms with E-state index < -0.39 is 53.5 Å². The Morgan fingerprint density at radius 2 is 1.93 bits per heavy atom. The predicted octanol–water partition coefficient (Wildman–Crippen LogP) is 1.62. The molecule has 1 fully saturated rings. The van der Waals surface area contributed by atoms with Gasteiger partial charge >= 0.3 is 11.9 Å². The molecule has 6 atom stereocenters. The molecule has 2 aliphatic carbocycles. The van der Waals surface area contributed by atoms with Gasteiger partial charge in [-0.2, -0.15) is 0 Å². The summed E-state index contributed by atoms with van der Waals surface area (Å²) in [7, 11) is 2.00. The molecule has 2 aromatic rings. The van der Waals surface area contributed by atoms with Gasteiger partial charge in [-0.3, -0.25) is 9.59 Å². The van der Waals surface area contributed by atoms with Crippen LogP contribution in [0, 0.1) is 0 Å². The van der Waals surface area contributed by atoms with Gasteiger partial charge in [0, 0.05) is 29.2 Å². The number of likely N-dealkylation sites (N-methyl/N-ethyl adjacent to an activating group) is 1. The molecule has 3 N–H and O–H groups in total. The zero-order valence-electron chi connectivity index (χ0n) is 22.9. The minimum Gasteiger partial charge on any atom is -0.481 e. The first-order chi connectivity index (χ1) is 19.6. The molecule has 0 saturated carbocycles. The maximum Gasteiger partial charge on any atom is 0.357 e. The Kier molecular flexibility index (Phi) is 6.77. The number of esters is 2. The molecule has 10 heteroatoms. The van der Waals surface area contributed by atoms with Gasteiger partial charge in [0.2, 0.25) is 6.10 Å². The number of ketones is 1. The van der Waals surface area contributed by atoms with E-state index in [4.69, 9.17) is 14.2 Å². The lowest BCUT2D eigenvalue weighted by Crippen LogP contribution is -2.74. The first kappa shape index (κ1) is 27.6. The number of benzene rings is 2. The molecular weight excluding hydrogens is 530 g/mol. The summed E-state index contributed by atoms with van der Waals surface area (Å²) in [6, 6.07) is 12.0. The highest BCUT2D eigenvalue weighted by Gasteiger charge is 2.72. The summed E-state index contributed by atoms with van der Waals surface area (Å²) >= 11 is 0. The summed E-state index contributed by atoms with van der Waals surface area (Å²) in [6.07, 6.45) is -1.39. The molecule has 41 heavy (non-hydrogen) atoms. The number of carbonyl (C=O) groups is 3. The fourth-order valence-corrected chi connectivity index (χ4v) is 7.16. The number of aliphatic hydroxyl groups is 3. The Hall–Kier alpha value is -3.57. The van der Waals surface area contributed by atoms with Gasteiger partial charge in [-0.25, -0.2) is 4.79 Å². The molecule has 2 aliphatic heterocycles. The van der Waals surface area contributed by atoms with Gasteiger partial charge in [-0.05, 0) is 45.0 Å². The summed E-state index contributed by atoms with van der Waals surface area (Å²) in [4.78, 5) is 39.9. The van der Waals surface area contributed by atoms with E-state index in [-0.39, 0.29) is 24.8 Å². The maximum atomic E-state index is 13.7. The average molecular weight is 564 g/mol. The lowest BCUT2D eigenvalue weighted by molar-refractivity contribution is -0.177. The summed E-state index contributed by atoms with van der Waals surface area (Å²) in [5.41, 5.74) is 0.763. The largest absolute Gasteiger partial charge is 0.481 e. The average Bonchev–Trinajstić information content (AvgIpc) is 3.31. The first-order valence-corrected chi connectivity index (χ1v) is 13.8. The van der Waals surface area contributed by atoms with Crippen LogP contribution in [0.5, 0.6) is 5.75 Å². The van der Waals surface area contributed by atoms with Crippen molar-refractivity contribution in [1.82, 2.24) is 4.90 Å². The lowest BCUT2D eigenvalue weighted by atomic mass is 9.50. The molecule has 0 unspecified atom stereocenters. The van der Waals surface area contributed by atoms with E-state index in [1.54, 1.807) is 36.4 Å². The fraction of sp³-hybridized carbons (Fsp3) is 0.452. The van der Waals surface area contributed by atoms with Gasteiger partial charge in [-0.15, -0.1) is 0 Å². The number of likely N-dealkylation sites (tertiary alicyclic amines) is 1. The van der Waals surface area contributed by atoms with Crippen LogP contribution in [0.3, 0.4) is 0 Å². The minimum absolute atomic E-state index is 0.181. The molecule has 0 aromatic heterocycles.